The summed E-state index contributed by atoms with van der Waals surface area (Å²) in [6.45, 7) is 2.45. The van der Waals surface area contributed by atoms with Crippen molar-refractivity contribution >= 4 is 0 Å². The van der Waals surface area contributed by atoms with Crippen molar-refractivity contribution < 1.29 is 0 Å². The summed E-state index contributed by atoms with van der Waals surface area (Å²) in [5.74, 6) is 1.06. The van der Waals surface area contributed by atoms with Crippen LogP contribution in [0.2, 0.25) is 0 Å². The highest BCUT2D eigenvalue weighted by atomic mass is 14.4. The maximum Gasteiger partial charge on any atom is -0.0297 e. The zero-order valence-electron chi connectivity index (χ0n) is 23.3. The molecule has 0 aromatic heterocycles. The molecule has 2 rings (SSSR count). The van der Waals surface area contributed by atoms with Gasteiger partial charge in [-0.2, -0.15) is 0 Å². The van der Waals surface area contributed by atoms with Crippen LogP contribution in [0.4, 0.5) is 0 Å². The van der Waals surface area contributed by atoms with Crippen LogP contribution < -0.4 is 0 Å². The fraction of sp³-hybridized carbons (Fsp3) is 1.00. The number of rotatable bonds is 2. The van der Waals surface area contributed by atoms with Crippen LogP contribution in [0.1, 0.15) is 200 Å². The van der Waals surface area contributed by atoms with E-state index in [0.717, 1.165) is 11.3 Å². The second-order valence-corrected chi connectivity index (χ2v) is 12.5. The zero-order valence-corrected chi connectivity index (χ0v) is 23.3. The molecule has 2 fully saturated rings. The lowest BCUT2D eigenvalue weighted by molar-refractivity contribution is 0.146. The van der Waals surface area contributed by atoms with Gasteiger partial charge in [0.15, 0.2) is 0 Å². The molecule has 0 nitrogen and oxygen atoms in total. The Bertz CT molecular complexity index is 412. The summed E-state index contributed by atoms with van der Waals surface area (Å²) >= 11 is 0. The van der Waals surface area contributed by atoms with Crippen LogP contribution in [-0.4, -0.2) is 0 Å². The van der Waals surface area contributed by atoms with Gasteiger partial charge in [0.2, 0.25) is 0 Å². The summed E-state index contributed by atoms with van der Waals surface area (Å²) in [4.78, 5) is 0. The molecule has 0 amide bonds. The molecule has 0 aromatic carbocycles. The van der Waals surface area contributed by atoms with Crippen molar-refractivity contribution in [3.8, 4) is 0 Å². The summed E-state index contributed by atoms with van der Waals surface area (Å²) in [6, 6.07) is 0. The molecule has 2 unspecified atom stereocenters. The van der Waals surface area contributed by atoms with Gasteiger partial charge in [0.1, 0.15) is 0 Å². The smallest absolute Gasteiger partial charge is 0.0297 e. The Balaban J connectivity index is 1.75. The van der Waals surface area contributed by atoms with Crippen molar-refractivity contribution in [3.63, 3.8) is 0 Å². The Kier molecular flexibility index (Phi) is 17.9. The molecule has 2 atom stereocenters. The highest BCUT2D eigenvalue weighted by Crippen LogP contribution is 2.44. The molecule has 196 valence electrons. The van der Waals surface area contributed by atoms with E-state index in [1.54, 1.807) is 38.5 Å². The van der Waals surface area contributed by atoms with E-state index in [0.29, 0.717) is 0 Å². The summed E-state index contributed by atoms with van der Waals surface area (Å²) in [5.41, 5.74) is 0.721. The molecule has 0 saturated heterocycles. The van der Waals surface area contributed by atoms with Gasteiger partial charge in [-0.25, -0.2) is 0 Å². The predicted molar refractivity (Wildman–Crippen MR) is 150 cm³/mol. The van der Waals surface area contributed by atoms with Crippen molar-refractivity contribution in [1.82, 2.24) is 0 Å². The third-order valence-corrected chi connectivity index (χ3v) is 9.50. The van der Waals surface area contributed by atoms with Gasteiger partial charge in [-0.15, -0.1) is 0 Å². The topological polar surface area (TPSA) is 0 Å². The molecule has 0 spiro atoms. The molecule has 0 N–H and O–H groups in total. The van der Waals surface area contributed by atoms with Crippen molar-refractivity contribution in [2.45, 2.75) is 200 Å². The molecule has 0 aromatic rings. The molecular weight excluding hydrogens is 396 g/mol. The summed E-state index contributed by atoms with van der Waals surface area (Å²) in [6.07, 6.45) is 45.4. The highest BCUT2D eigenvalue weighted by Gasteiger charge is 2.30. The van der Waals surface area contributed by atoms with Crippen molar-refractivity contribution in [1.29, 1.82) is 0 Å². The van der Waals surface area contributed by atoms with E-state index >= 15 is 0 Å². The molecule has 2 saturated carbocycles. The van der Waals surface area contributed by atoms with Gasteiger partial charge in [0.05, 0.1) is 0 Å². The van der Waals surface area contributed by atoms with E-state index in [1.807, 2.05) is 0 Å². The van der Waals surface area contributed by atoms with Crippen LogP contribution in [0.25, 0.3) is 0 Å². The lowest BCUT2D eigenvalue weighted by Gasteiger charge is -2.38. The van der Waals surface area contributed by atoms with Crippen LogP contribution in [-0.2, 0) is 0 Å². The molecule has 2 bridgehead atoms. The fourth-order valence-electron chi connectivity index (χ4n) is 7.27. The Labute approximate surface area is 210 Å². The third kappa shape index (κ3) is 14.9. The van der Waals surface area contributed by atoms with Gasteiger partial charge >= 0.3 is 0 Å². The van der Waals surface area contributed by atoms with E-state index in [4.69, 9.17) is 0 Å². The molecule has 2 aliphatic rings. The van der Waals surface area contributed by atoms with Crippen LogP contribution in [0.3, 0.4) is 0 Å². The standard InChI is InChI=1S/C33H64/c1-2-28-33-29-23-20-18-16-14-12-10-8-6-4-3-5-7-9-11-13-15-17-19-21-25-32(27-31-33)26-22-24-30-33/h32H,2-31H2,1H3. The second kappa shape index (κ2) is 20.2. The van der Waals surface area contributed by atoms with Crippen LogP contribution in [0.15, 0.2) is 0 Å². The monoisotopic (exact) mass is 461 g/mol. The second-order valence-electron chi connectivity index (χ2n) is 12.5. The molecule has 0 aliphatic heterocycles. The fourth-order valence-corrected chi connectivity index (χ4v) is 7.27. The summed E-state index contributed by atoms with van der Waals surface area (Å²) in [7, 11) is 0. The quantitative estimate of drug-likeness (QED) is 0.384. The minimum absolute atomic E-state index is 0.721. The van der Waals surface area contributed by atoms with Gasteiger partial charge in [0.25, 0.3) is 0 Å². The van der Waals surface area contributed by atoms with Crippen LogP contribution >= 0.6 is 0 Å². The van der Waals surface area contributed by atoms with E-state index in [-0.39, 0.29) is 0 Å². The lowest BCUT2D eigenvalue weighted by Crippen LogP contribution is -2.24. The first kappa shape index (κ1) is 29.2. The van der Waals surface area contributed by atoms with E-state index in [9.17, 15) is 0 Å². The Morgan fingerprint density at radius 3 is 1.15 bits per heavy atom. The minimum atomic E-state index is 0.721. The largest absolute Gasteiger partial charge is 0.0654 e. The van der Waals surface area contributed by atoms with E-state index in [2.05, 4.69) is 6.92 Å². The first-order valence-corrected chi connectivity index (χ1v) is 16.3. The molecule has 2 aliphatic carbocycles. The maximum atomic E-state index is 2.45. The molecule has 0 radical (unpaired) electrons. The average Bonchev–Trinajstić information content (AvgIpc) is 2.80. The maximum absolute atomic E-state index is 2.45. The molecular formula is C33H64. The van der Waals surface area contributed by atoms with E-state index in [1.165, 1.54) is 154 Å². The van der Waals surface area contributed by atoms with Gasteiger partial charge in [-0.05, 0) is 43.4 Å². The lowest BCUT2D eigenvalue weighted by atomic mass is 9.68. The first-order chi connectivity index (χ1) is 16.3. The molecule has 0 heterocycles. The van der Waals surface area contributed by atoms with Gasteiger partial charge in [-0.1, -0.05) is 167 Å². The predicted octanol–water partition coefficient (Wildman–Crippen LogP) is 12.3. The Morgan fingerprint density at radius 2 is 0.727 bits per heavy atom. The van der Waals surface area contributed by atoms with Gasteiger partial charge in [0, 0.05) is 0 Å². The summed E-state index contributed by atoms with van der Waals surface area (Å²) in [5, 5.41) is 0. The van der Waals surface area contributed by atoms with Gasteiger partial charge in [-0.3, -0.25) is 0 Å². The van der Waals surface area contributed by atoms with Crippen molar-refractivity contribution in [2.75, 3.05) is 0 Å². The first-order valence-electron chi connectivity index (χ1n) is 16.3. The Morgan fingerprint density at radius 1 is 0.394 bits per heavy atom. The molecule has 0 heteroatoms. The van der Waals surface area contributed by atoms with Gasteiger partial charge < -0.3 is 0 Å². The SMILES string of the molecule is CCCC12CCCCCCCCCCCCCCCCCCCCCCC(CCCC1)CC2. The van der Waals surface area contributed by atoms with Crippen molar-refractivity contribution in [2.24, 2.45) is 11.3 Å². The number of fused-ring (bicyclic) bond motifs is 3. The zero-order chi connectivity index (χ0) is 23.3. The van der Waals surface area contributed by atoms with Crippen LogP contribution in [0, 0.1) is 11.3 Å². The minimum Gasteiger partial charge on any atom is -0.0654 e. The number of hydrogen-bond acceptors (Lipinski definition) is 0. The number of hydrogen-bond donors (Lipinski definition) is 0. The Hall–Kier alpha value is 0. The van der Waals surface area contributed by atoms with Crippen LogP contribution in [0.5, 0.6) is 0 Å². The van der Waals surface area contributed by atoms with Crippen molar-refractivity contribution in [3.05, 3.63) is 0 Å². The third-order valence-electron chi connectivity index (χ3n) is 9.50. The van der Waals surface area contributed by atoms with E-state index < -0.39 is 0 Å². The molecule has 33 heavy (non-hydrogen) atoms. The normalized spacial score (nSPS) is 30.3. The highest BCUT2D eigenvalue weighted by molar-refractivity contribution is 4.82. The summed E-state index contributed by atoms with van der Waals surface area (Å²) < 4.78 is 0. The average molecular weight is 461 g/mol.